The van der Waals surface area contributed by atoms with Crippen LogP contribution in [0.1, 0.15) is 24.6 Å². The summed E-state index contributed by atoms with van der Waals surface area (Å²) in [4.78, 5) is 0. The number of aromatic nitrogens is 2. The SMILES string of the molecule is COc1cnn(C)c1C(O)C1CCCO1. The van der Waals surface area contributed by atoms with Gasteiger partial charge in [-0.1, -0.05) is 0 Å². The average molecular weight is 212 g/mol. The summed E-state index contributed by atoms with van der Waals surface area (Å²) in [5, 5.41) is 14.2. The maximum atomic E-state index is 10.1. The zero-order chi connectivity index (χ0) is 10.8. The first-order valence-electron chi connectivity index (χ1n) is 5.09. The van der Waals surface area contributed by atoms with Gasteiger partial charge < -0.3 is 14.6 Å². The second-order valence-electron chi connectivity index (χ2n) is 3.72. The standard InChI is InChI=1S/C10H16N2O3/c1-12-9(8(14-2)6-11-12)10(13)7-4-3-5-15-7/h6-7,10,13H,3-5H2,1-2H3. The Morgan fingerprint density at radius 2 is 2.53 bits per heavy atom. The number of aliphatic hydroxyl groups excluding tert-OH is 1. The molecule has 1 aromatic rings. The Balaban J connectivity index is 2.22. The molecule has 2 unspecified atom stereocenters. The minimum absolute atomic E-state index is 0.130. The summed E-state index contributed by atoms with van der Waals surface area (Å²) in [6.07, 6.45) is 2.70. The largest absolute Gasteiger partial charge is 0.493 e. The van der Waals surface area contributed by atoms with Crippen molar-refractivity contribution in [2.75, 3.05) is 13.7 Å². The van der Waals surface area contributed by atoms with Crippen LogP contribution in [0.3, 0.4) is 0 Å². The van der Waals surface area contributed by atoms with Crippen molar-refractivity contribution in [1.29, 1.82) is 0 Å². The van der Waals surface area contributed by atoms with Gasteiger partial charge in [0, 0.05) is 13.7 Å². The first kappa shape index (κ1) is 10.4. The van der Waals surface area contributed by atoms with E-state index in [-0.39, 0.29) is 6.10 Å². The Labute approximate surface area is 88.6 Å². The minimum Gasteiger partial charge on any atom is -0.493 e. The molecular weight excluding hydrogens is 196 g/mol. The fraction of sp³-hybridized carbons (Fsp3) is 0.700. The molecule has 0 spiro atoms. The van der Waals surface area contributed by atoms with Gasteiger partial charge >= 0.3 is 0 Å². The molecule has 1 aliphatic rings. The topological polar surface area (TPSA) is 56.5 Å². The monoisotopic (exact) mass is 212 g/mol. The predicted octanol–water partition coefficient (Wildman–Crippen LogP) is 0.641. The Morgan fingerprint density at radius 3 is 3.13 bits per heavy atom. The van der Waals surface area contributed by atoms with E-state index < -0.39 is 6.10 Å². The Kier molecular flexibility index (Phi) is 2.93. The highest BCUT2D eigenvalue weighted by molar-refractivity contribution is 5.27. The summed E-state index contributed by atoms with van der Waals surface area (Å²) in [5.74, 6) is 0.612. The lowest BCUT2D eigenvalue weighted by molar-refractivity contribution is -0.00757. The van der Waals surface area contributed by atoms with E-state index in [1.165, 1.54) is 0 Å². The van der Waals surface area contributed by atoms with E-state index in [2.05, 4.69) is 5.10 Å². The van der Waals surface area contributed by atoms with Gasteiger partial charge in [-0.3, -0.25) is 4.68 Å². The molecule has 2 heterocycles. The van der Waals surface area contributed by atoms with Gasteiger partial charge in [0.25, 0.3) is 0 Å². The first-order chi connectivity index (χ1) is 7.24. The van der Waals surface area contributed by atoms with E-state index in [0.717, 1.165) is 19.4 Å². The van der Waals surface area contributed by atoms with Crippen molar-refractivity contribution < 1.29 is 14.6 Å². The number of rotatable bonds is 3. The lowest BCUT2D eigenvalue weighted by Crippen LogP contribution is -2.20. The average Bonchev–Trinajstić information content (AvgIpc) is 2.85. The van der Waals surface area contributed by atoms with Crippen LogP contribution in [0.5, 0.6) is 5.75 Å². The number of hydrogen-bond donors (Lipinski definition) is 1. The van der Waals surface area contributed by atoms with Crippen molar-refractivity contribution >= 4 is 0 Å². The van der Waals surface area contributed by atoms with Crippen molar-refractivity contribution in [2.24, 2.45) is 7.05 Å². The Morgan fingerprint density at radius 1 is 1.73 bits per heavy atom. The van der Waals surface area contributed by atoms with Crippen molar-refractivity contribution in [3.63, 3.8) is 0 Å². The molecule has 5 nitrogen and oxygen atoms in total. The van der Waals surface area contributed by atoms with Gasteiger partial charge in [0.1, 0.15) is 11.8 Å². The molecule has 1 saturated heterocycles. The first-order valence-corrected chi connectivity index (χ1v) is 5.09. The Hall–Kier alpha value is -1.07. The molecule has 1 N–H and O–H groups in total. The van der Waals surface area contributed by atoms with E-state index in [1.807, 2.05) is 0 Å². The molecule has 15 heavy (non-hydrogen) atoms. The maximum Gasteiger partial charge on any atom is 0.162 e. The lowest BCUT2D eigenvalue weighted by Gasteiger charge is -2.18. The highest BCUT2D eigenvalue weighted by Gasteiger charge is 2.30. The molecule has 0 radical (unpaired) electrons. The van der Waals surface area contributed by atoms with Crippen molar-refractivity contribution in [3.8, 4) is 5.75 Å². The third-order valence-electron chi connectivity index (χ3n) is 2.77. The number of hydrogen-bond acceptors (Lipinski definition) is 4. The van der Waals surface area contributed by atoms with Gasteiger partial charge in [-0.25, -0.2) is 0 Å². The van der Waals surface area contributed by atoms with E-state index in [9.17, 15) is 5.11 Å². The molecule has 0 aliphatic carbocycles. The number of aliphatic hydroxyl groups is 1. The van der Waals surface area contributed by atoms with Gasteiger partial charge in [0.05, 0.1) is 19.4 Å². The van der Waals surface area contributed by atoms with Gasteiger partial charge in [0.2, 0.25) is 0 Å². The van der Waals surface area contributed by atoms with Crippen LogP contribution in [0.4, 0.5) is 0 Å². The summed E-state index contributed by atoms with van der Waals surface area (Å²) in [6.45, 7) is 0.724. The van der Waals surface area contributed by atoms with Gasteiger partial charge in [-0.2, -0.15) is 5.10 Å². The fourth-order valence-corrected chi connectivity index (χ4v) is 1.95. The molecule has 0 amide bonds. The lowest BCUT2D eigenvalue weighted by atomic mass is 10.1. The molecular formula is C10H16N2O3. The summed E-state index contributed by atoms with van der Waals surface area (Å²) < 4.78 is 12.2. The third kappa shape index (κ3) is 1.85. The van der Waals surface area contributed by atoms with Crippen LogP contribution in [0, 0.1) is 0 Å². The van der Waals surface area contributed by atoms with Gasteiger partial charge in [-0.15, -0.1) is 0 Å². The van der Waals surface area contributed by atoms with Crippen LogP contribution in [0.2, 0.25) is 0 Å². The number of aryl methyl sites for hydroxylation is 1. The van der Waals surface area contributed by atoms with E-state index >= 15 is 0 Å². The van der Waals surface area contributed by atoms with Crippen LogP contribution < -0.4 is 4.74 Å². The molecule has 0 bridgehead atoms. The summed E-state index contributed by atoms with van der Waals surface area (Å²) >= 11 is 0. The van der Waals surface area contributed by atoms with Crippen molar-refractivity contribution in [1.82, 2.24) is 9.78 Å². The number of ether oxygens (including phenoxy) is 2. The van der Waals surface area contributed by atoms with Crippen LogP contribution in [0.25, 0.3) is 0 Å². The van der Waals surface area contributed by atoms with Crippen LogP contribution in [-0.4, -0.2) is 34.7 Å². The molecule has 1 aromatic heterocycles. The normalized spacial score (nSPS) is 23.0. The van der Waals surface area contributed by atoms with Crippen LogP contribution in [-0.2, 0) is 11.8 Å². The molecule has 2 rings (SSSR count). The second kappa shape index (κ2) is 4.20. The zero-order valence-electron chi connectivity index (χ0n) is 9.01. The van der Waals surface area contributed by atoms with E-state index in [4.69, 9.17) is 9.47 Å². The van der Waals surface area contributed by atoms with Crippen LogP contribution in [0.15, 0.2) is 6.20 Å². The van der Waals surface area contributed by atoms with Crippen molar-refractivity contribution in [3.05, 3.63) is 11.9 Å². The molecule has 84 valence electrons. The number of methoxy groups -OCH3 is 1. The zero-order valence-corrected chi connectivity index (χ0v) is 9.01. The highest BCUT2D eigenvalue weighted by Crippen LogP contribution is 2.31. The molecule has 1 aliphatic heterocycles. The molecule has 1 fully saturated rings. The minimum atomic E-state index is -0.657. The Bertz CT molecular complexity index is 331. The maximum absolute atomic E-state index is 10.1. The summed E-state index contributed by atoms with van der Waals surface area (Å²) in [7, 11) is 3.36. The van der Waals surface area contributed by atoms with E-state index in [0.29, 0.717) is 11.4 Å². The predicted molar refractivity (Wildman–Crippen MR) is 53.7 cm³/mol. The summed E-state index contributed by atoms with van der Waals surface area (Å²) in [6, 6.07) is 0. The van der Waals surface area contributed by atoms with Crippen LogP contribution >= 0.6 is 0 Å². The fourth-order valence-electron chi connectivity index (χ4n) is 1.95. The van der Waals surface area contributed by atoms with Gasteiger partial charge in [-0.05, 0) is 12.8 Å². The molecule has 0 aromatic carbocycles. The smallest absolute Gasteiger partial charge is 0.162 e. The molecule has 5 heteroatoms. The van der Waals surface area contributed by atoms with Gasteiger partial charge in [0.15, 0.2) is 5.75 Å². The molecule has 0 saturated carbocycles. The second-order valence-corrected chi connectivity index (χ2v) is 3.72. The molecule has 2 atom stereocenters. The third-order valence-corrected chi connectivity index (χ3v) is 2.77. The number of nitrogens with zero attached hydrogens (tertiary/aromatic N) is 2. The van der Waals surface area contributed by atoms with E-state index in [1.54, 1.807) is 25.0 Å². The van der Waals surface area contributed by atoms with Crippen molar-refractivity contribution in [2.45, 2.75) is 25.0 Å². The summed E-state index contributed by atoms with van der Waals surface area (Å²) in [5.41, 5.74) is 0.685. The highest BCUT2D eigenvalue weighted by atomic mass is 16.5. The quantitative estimate of drug-likeness (QED) is 0.799.